The van der Waals surface area contributed by atoms with Crippen LogP contribution in [0.4, 0.5) is 0 Å². The number of aryl methyl sites for hydroxylation is 1. The fourth-order valence-electron chi connectivity index (χ4n) is 6.63. The van der Waals surface area contributed by atoms with Gasteiger partial charge in [0.05, 0.1) is 14.2 Å². The summed E-state index contributed by atoms with van der Waals surface area (Å²) in [4.78, 5) is 74.3. The first-order valence-corrected chi connectivity index (χ1v) is 19.9. The van der Waals surface area contributed by atoms with E-state index in [0.717, 1.165) is 11.1 Å². The summed E-state index contributed by atoms with van der Waals surface area (Å²) >= 11 is 0. The standard InChI is InChI=1S/C45H62N4O10/c1-11-29(4)40(59-45(56)38(47(5)6)27-32-16-23-35(57-9)24-17-32)41(52)46-39(28(2)3)43(54)49(8)37(26-31-14-21-34(51)22-15-31)42(53)48(7)36(44(55)58-10)25-18-30-12-19-33(50)20-13-30/h12-17,19-24,28-29,36-40,50-51H,11,18,25-27H2,1-10H3,(H,46,52)/t29-,36+,37+,38-,39-,40+/m0/s1. The molecule has 3 rings (SSSR count). The summed E-state index contributed by atoms with van der Waals surface area (Å²) in [6.07, 6.45) is 0.193. The Morgan fingerprint density at radius 2 is 1.15 bits per heavy atom. The van der Waals surface area contributed by atoms with Crippen LogP contribution in [-0.4, -0.2) is 127 Å². The minimum atomic E-state index is -1.22. The van der Waals surface area contributed by atoms with Crippen molar-refractivity contribution in [2.45, 2.75) is 90.1 Å². The van der Waals surface area contributed by atoms with Crippen LogP contribution in [-0.2, 0) is 52.7 Å². The Bertz CT molecular complexity index is 1830. The van der Waals surface area contributed by atoms with Gasteiger partial charge in [0.25, 0.3) is 5.91 Å². The highest BCUT2D eigenvalue weighted by Crippen LogP contribution is 2.22. The molecule has 3 aromatic rings. The van der Waals surface area contributed by atoms with E-state index in [-0.39, 0.29) is 24.3 Å². The van der Waals surface area contributed by atoms with E-state index < -0.39 is 71.8 Å². The number of carbonyl (C=O) groups is 5. The molecule has 0 saturated carbocycles. The van der Waals surface area contributed by atoms with E-state index in [0.29, 0.717) is 30.6 Å². The second-order valence-corrected chi connectivity index (χ2v) is 15.5. The smallest absolute Gasteiger partial charge is 0.328 e. The van der Waals surface area contributed by atoms with Crippen molar-refractivity contribution >= 4 is 29.7 Å². The molecule has 0 aliphatic heterocycles. The molecule has 3 aromatic carbocycles. The first-order valence-electron chi connectivity index (χ1n) is 19.9. The van der Waals surface area contributed by atoms with Gasteiger partial charge in [-0.15, -0.1) is 0 Å². The topological polar surface area (TPSA) is 175 Å². The number of ether oxygens (including phenoxy) is 3. The normalized spacial score (nSPS) is 14.3. The van der Waals surface area contributed by atoms with Crippen LogP contribution in [0.3, 0.4) is 0 Å². The average molecular weight is 819 g/mol. The zero-order valence-electron chi connectivity index (χ0n) is 36.0. The van der Waals surface area contributed by atoms with Crippen molar-refractivity contribution in [1.29, 1.82) is 0 Å². The number of aromatic hydroxyl groups is 2. The van der Waals surface area contributed by atoms with E-state index in [1.54, 1.807) is 83.3 Å². The van der Waals surface area contributed by atoms with Gasteiger partial charge in [-0.3, -0.25) is 24.1 Å². The highest BCUT2D eigenvalue weighted by molar-refractivity contribution is 5.95. The number of phenols is 2. The third kappa shape index (κ3) is 13.5. The van der Waals surface area contributed by atoms with Crippen LogP contribution in [0.5, 0.6) is 17.2 Å². The van der Waals surface area contributed by atoms with Gasteiger partial charge in [-0.1, -0.05) is 64.1 Å². The van der Waals surface area contributed by atoms with Crippen molar-refractivity contribution in [2.75, 3.05) is 42.4 Å². The molecule has 0 radical (unpaired) electrons. The van der Waals surface area contributed by atoms with E-state index in [2.05, 4.69) is 5.32 Å². The van der Waals surface area contributed by atoms with Gasteiger partial charge in [0.1, 0.15) is 41.4 Å². The van der Waals surface area contributed by atoms with Gasteiger partial charge >= 0.3 is 11.9 Å². The van der Waals surface area contributed by atoms with Gasteiger partial charge in [0, 0.05) is 26.4 Å². The van der Waals surface area contributed by atoms with Crippen LogP contribution < -0.4 is 10.1 Å². The van der Waals surface area contributed by atoms with Crippen molar-refractivity contribution in [3.63, 3.8) is 0 Å². The molecule has 0 saturated heterocycles. The highest BCUT2D eigenvalue weighted by Gasteiger charge is 2.40. The predicted octanol–water partition coefficient (Wildman–Crippen LogP) is 4.38. The number of carbonyl (C=O) groups excluding carboxylic acids is 5. The maximum Gasteiger partial charge on any atom is 0.328 e. The second-order valence-electron chi connectivity index (χ2n) is 15.5. The number of nitrogens with one attached hydrogen (secondary N) is 1. The predicted molar refractivity (Wildman–Crippen MR) is 224 cm³/mol. The molecular weight excluding hydrogens is 757 g/mol. The van der Waals surface area contributed by atoms with Crippen molar-refractivity contribution in [3.05, 3.63) is 89.5 Å². The molecule has 0 bridgehead atoms. The summed E-state index contributed by atoms with van der Waals surface area (Å²) in [5.74, 6) is -3.06. The Hall–Kier alpha value is -5.63. The van der Waals surface area contributed by atoms with Crippen LogP contribution in [0.2, 0.25) is 0 Å². The average Bonchev–Trinajstić information content (AvgIpc) is 3.22. The Kier molecular flexibility index (Phi) is 18.2. The molecule has 0 unspecified atom stereocenters. The first kappa shape index (κ1) is 47.7. The van der Waals surface area contributed by atoms with Gasteiger partial charge in [0.15, 0.2) is 6.10 Å². The van der Waals surface area contributed by atoms with E-state index in [4.69, 9.17) is 14.2 Å². The fourth-order valence-corrected chi connectivity index (χ4v) is 6.63. The molecule has 3 amide bonds. The molecule has 0 aromatic heterocycles. The van der Waals surface area contributed by atoms with Crippen molar-refractivity contribution < 1.29 is 48.4 Å². The van der Waals surface area contributed by atoms with Crippen LogP contribution in [0, 0.1) is 11.8 Å². The molecule has 0 fully saturated rings. The van der Waals surface area contributed by atoms with Crippen molar-refractivity contribution in [2.24, 2.45) is 11.8 Å². The summed E-state index contributed by atoms with van der Waals surface area (Å²) in [6, 6.07) is 16.1. The van der Waals surface area contributed by atoms with Gasteiger partial charge < -0.3 is 39.5 Å². The molecule has 14 nitrogen and oxygen atoms in total. The number of likely N-dealkylation sites (N-methyl/N-ethyl adjacent to an activating group) is 3. The minimum absolute atomic E-state index is 0.0174. The number of benzene rings is 3. The van der Waals surface area contributed by atoms with E-state index in [1.807, 2.05) is 19.1 Å². The molecule has 0 aliphatic carbocycles. The Balaban J connectivity index is 1.90. The van der Waals surface area contributed by atoms with E-state index in [9.17, 15) is 34.2 Å². The molecule has 0 heterocycles. The Morgan fingerprint density at radius 1 is 0.661 bits per heavy atom. The largest absolute Gasteiger partial charge is 0.508 e. The zero-order valence-corrected chi connectivity index (χ0v) is 36.0. The third-order valence-corrected chi connectivity index (χ3v) is 10.8. The molecule has 0 spiro atoms. The quantitative estimate of drug-likeness (QED) is 0.130. The molecule has 322 valence electrons. The molecule has 6 atom stereocenters. The molecule has 14 heteroatoms. The fraction of sp³-hybridized carbons (Fsp3) is 0.489. The van der Waals surface area contributed by atoms with Gasteiger partial charge in [-0.2, -0.15) is 0 Å². The van der Waals surface area contributed by atoms with E-state index in [1.165, 1.54) is 55.3 Å². The Labute approximate surface area is 348 Å². The summed E-state index contributed by atoms with van der Waals surface area (Å²) in [7, 11) is 9.27. The monoisotopic (exact) mass is 818 g/mol. The van der Waals surface area contributed by atoms with Crippen LogP contribution in [0.25, 0.3) is 0 Å². The highest BCUT2D eigenvalue weighted by atomic mass is 16.6. The number of rotatable bonds is 21. The number of methoxy groups -OCH3 is 2. The lowest BCUT2D eigenvalue weighted by atomic mass is 9.96. The summed E-state index contributed by atoms with van der Waals surface area (Å²) in [6.45, 7) is 7.20. The number of amides is 3. The summed E-state index contributed by atoms with van der Waals surface area (Å²) in [5.41, 5.74) is 2.33. The number of hydrogen-bond acceptors (Lipinski definition) is 11. The van der Waals surface area contributed by atoms with Gasteiger partial charge in [-0.05, 0) is 98.8 Å². The SMILES string of the molecule is CC[C@H](C)[C@@H](OC(=O)[C@H](Cc1ccc(OC)cc1)N(C)C)C(=O)N[C@H](C(=O)N(C)[C@H](Cc1ccc(O)cc1)C(=O)N(C)[C@H](CCc1ccc(O)cc1)C(=O)OC)C(C)C. The summed E-state index contributed by atoms with van der Waals surface area (Å²) in [5, 5.41) is 22.5. The second kappa shape index (κ2) is 22.5. The maximum atomic E-state index is 14.5. The molecule has 3 N–H and O–H groups in total. The van der Waals surface area contributed by atoms with Crippen molar-refractivity contribution in [1.82, 2.24) is 20.0 Å². The molecular formula is C45H62N4O10. The maximum absolute atomic E-state index is 14.5. The number of phenolic OH excluding ortho intramolecular Hbond substituents is 2. The number of nitrogens with zero attached hydrogens (tertiary/aromatic N) is 3. The third-order valence-electron chi connectivity index (χ3n) is 10.8. The lowest BCUT2D eigenvalue weighted by Crippen LogP contribution is -2.59. The number of hydrogen-bond donors (Lipinski definition) is 3. The van der Waals surface area contributed by atoms with Gasteiger partial charge in [-0.25, -0.2) is 4.79 Å². The van der Waals surface area contributed by atoms with Crippen LogP contribution >= 0.6 is 0 Å². The van der Waals surface area contributed by atoms with E-state index >= 15 is 0 Å². The van der Waals surface area contributed by atoms with Crippen LogP contribution in [0.15, 0.2) is 72.8 Å². The lowest BCUT2D eigenvalue weighted by molar-refractivity contribution is -0.164. The van der Waals surface area contributed by atoms with Crippen LogP contribution in [0.1, 0.15) is 57.2 Å². The number of esters is 2. The lowest BCUT2D eigenvalue weighted by Gasteiger charge is -2.36. The first-order chi connectivity index (χ1) is 27.9. The zero-order chi connectivity index (χ0) is 44.0. The molecule has 59 heavy (non-hydrogen) atoms. The summed E-state index contributed by atoms with van der Waals surface area (Å²) < 4.78 is 16.3. The molecule has 0 aliphatic rings. The Morgan fingerprint density at radius 3 is 1.63 bits per heavy atom. The van der Waals surface area contributed by atoms with Gasteiger partial charge in [0.2, 0.25) is 11.8 Å². The van der Waals surface area contributed by atoms with Crippen molar-refractivity contribution in [3.8, 4) is 17.2 Å². The minimum Gasteiger partial charge on any atom is -0.508 e.